The van der Waals surface area contributed by atoms with Crippen molar-refractivity contribution in [1.29, 1.82) is 0 Å². The number of rotatable bonds is 4. The Morgan fingerprint density at radius 1 is 1.33 bits per heavy atom. The third-order valence-electron chi connectivity index (χ3n) is 2.97. The van der Waals surface area contributed by atoms with Crippen molar-refractivity contribution in [1.82, 2.24) is 10.2 Å². The molecule has 0 bridgehead atoms. The minimum Gasteiger partial charge on any atom is -0.371 e. The highest BCUT2D eigenvalue weighted by Gasteiger charge is 2.22. The maximum Gasteiger partial charge on any atom is 0.248 e. The molecule has 2 aliphatic rings. The summed E-state index contributed by atoms with van der Waals surface area (Å²) in [4.78, 5) is 13.6. The highest BCUT2D eigenvalue weighted by Crippen LogP contribution is 2.28. The van der Waals surface area contributed by atoms with Crippen LogP contribution in [-0.4, -0.2) is 50.2 Å². The van der Waals surface area contributed by atoms with Gasteiger partial charge in [-0.2, -0.15) is 0 Å². The molecule has 1 amide bonds. The molecule has 1 saturated heterocycles. The summed E-state index contributed by atoms with van der Waals surface area (Å²) >= 11 is 0. The molecule has 2 fully saturated rings. The van der Waals surface area contributed by atoms with E-state index >= 15 is 0 Å². The third kappa shape index (κ3) is 3.80. The Hall–Kier alpha value is -0.610. The molecule has 86 valence electrons. The van der Waals surface area contributed by atoms with E-state index in [2.05, 4.69) is 5.32 Å². The molecule has 1 saturated carbocycles. The Balaban J connectivity index is 1.63. The molecular formula is C11H20N2O2. The van der Waals surface area contributed by atoms with Gasteiger partial charge in [0.2, 0.25) is 5.91 Å². The minimum absolute atomic E-state index is 0.152. The van der Waals surface area contributed by atoms with E-state index in [1.807, 2.05) is 4.90 Å². The van der Waals surface area contributed by atoms with Crippen LogP contribution in [0.15, 0.2) is 0 Å². The largest absolute Gasteiger partial charge is 0.371 e. The average molecular weight is 212 g/mol. The molecule has 4 heteroatoms. The summed E-state index contributed by atoms with van der Waals surface area (Å²) in [7, 11) is 0. The first-order valence-corrected chi connectivity index (χ1v) is 5.92. The summed E-state index contributed by atoms with van der Waals surface area (Å²) < 4.78 is 5.40. The second-order valence-electron chi connectivity index (χ2n) is 4.44. The van der Waals surface area contributed by atoms with Gasteiger partial charge in [-0.05, 0) is 31.7 Å². The fraction of sp³-hybridized carbons (Fsp3) is 0.909. The molecule has 0 aromatic heterocycles. The first kappa shape index (κ1) is 10.9. The average Bonchev–Trinajstić information content (AvgIpc) is 3.04. The van der Waals surface area contributed by atoms with Crippen molar-refractivity contribution in [2.75, 3.05) is 39.4 Å². The summed E-state index contributed by atoms with van der Waals surface area (Å²) in [6.45, 7) is 4.68. The van der Waals surface area contributed by atoms with Crippen molar-refractivity contribution >= 4 is 5.91 Å². The number of nitrogens with zero attached hydrogens (tertiary/aromatic N) is 1. The first-order valence-electron chi connectivity index (χ1n) is 5.92. The van der Waals surface area contributed by atoms with Gasteiger partial charge in [0.1, 0.15) is 6.61 Å². The molecule has 0 aromatic rings. The van der Waals surface area contributed by atoms with E-state index in [9.17, 15) is 4.79 Å². The van der Waals surface area contributed by atoms with E-state index in [1.54, 1.807) is 0 Å². The van der Waals surface area contributed by atoms with E-state index in [4.69, 9.17) is 4.74 Å². The Bertz CT molecular complexity index is 209. The fourth-order valence-electron chi connectivity index (χ4n) is 1.78. The number of amides is 1. The number of nitrogens with one attached hydrogen (secondary N) is 1. The van der Waals surface area contributed by atoms with Crippen LogP contribution in [0.2, 0.25) is 0 Å². The molecule has 0 spiro atoms. The predicted molar refractivity (Wildman–Crippen MR) is 57.6 cm³/mol. The number of carbonyl (C=O) groups excluding carboxylic acids is 1. The first-order chi connectivity index (χ1) is 7.36. The highest BCUT2D eigenvalue weighted by atomic mass is 16.5. The number of ether oxygens (including phenoxy) is 1. The van der Waals surface area contributed by atoms with E-state index in [0.717, 1.165) is 45.1 Å². The molecule has 1 aliphatic carbocycles. The zero-order valence-corrected chi connectivity index (χ0v) is 9.21. The number of carbonyl (C=O) groups is 1. The van der Waals surface area contributed by atoms with E-state index in [-0.39, 0.29) is 12.5 Å². The van der Waals surface area contributed by atoms with E-state index in [1.165, 1.54) is 12.8 Å². The Labute approximate surface area is 91.0 Å². The highest BCUT2D eigenvalue weighted by molar-refractivity contribution is 5.77. The molecule has 2 rings (SSSR count). The molecular weight excluding hydrogens is 192 g/mol. The smallest absolute Gasteiger partial charge is 0.248 e. The summed E-state index contributed by atoms with van der Waals surface area (Å²) in [5.74, 6) is 0.892. The Morgan fingerprint density at radius 3 is 3.00 bits per heavy atom. The maximum absolute atomic E-state index is 11.7. The summed E-state index contributed by atoms with van der Waals surface area (Å²) in [5, 5.41) is 3.28. The Kier molecular flexibility index (Phi) is 3.97. The summed E-state index contributed by atoms with van der Waals surface area (Å²) in [5.41, 5.74) is 0. The molecule has 4 nitrogen and oxygen atoms in total. The van der Waals surface area contributed by atoms with Crippen LogP contribution in [0.3, 0.4) is 0 Å². The molecule has 0 atom stereocenters. The minimum atomic E-state index is 0.152. The molecule has 1 heterocycles. The molecule has 0 radical (unpaired) electrons. The number of hydrogen-bond donors (Lipinski definition) is 1. The monoisotopic (exact) mass is 212 g/mol. The van der Waals surface area contributed by atoms with Crippen molar-refractivity contribution < 1.29 is 9.53 Å². The van der Waals surface area contributed by atoms with Crippen molar-refractivity contribution in [2.24, 2.45) is 5.92 Å². The summed E-state index contributed by atoms with van der Waals surface area (Å²) in [6, 6.07) is 0. The van der Waals surface area contributed by atoms with Crippen LogP contribution in [0.25, 0.3) is 0 Å². The molecule has 15 heavy (non-hydrogen) atoms. The van der Waals surface area contributed by atoms with Gasteiger partial charge in [0.05, 0.1) is 6.61 Å². The van der Waals surface area contributed by atoms with Crippen LogP contribution in [0.4, 0.5) is 0 Å². The lowest BCUT2D eigenvalue weighted by atomic mass is 10.4. The van der Waals surface area contributed by atoms with Gasteiger partial charge in [-0.3, -0.25) is 4.79 Å². The molecule has 0 unspecified atom stereocenters. The Morgan fingerprint density at radius 2 is 2.20 bits per heavy atom. The zero-order valence-electron chi connectivity index (χ0n) is 9.21. The van der Waals surface area contributed by atoms with Crippen LogP contribution in [-0.2, 0) is 9.53 Å². The third-order valence-corrected chi connectivity index (χ3v) is 2.97. The number of hydrogen-bond acceptors (Lipinski definition) is 3. The topological polar surface area (TPSA) is 41.6 Å². The second-order valence-corrected chi connectivity index (χ2v) is 4.44. The van der Waals surface area contributed by atoms with Gasteiger partial charge < -0.3 is 15.0 Å². The standard InChI is InChI=1S/C11H20N2O2/c14-11(9-15-8-10-2-3-10)13-6-1-4-12-5-7-13/h10,12H,1-9H2. The van der Waals surface area contributed by atoms with Crippen molar-refractivity contribution in [3.63, 3.8) is 0 Å². The van der Waals surface area contributed by atoms with Gasteiger partial charge in [0.15, 0.2) is 0 Å². The lowest BCUT2D eigenvalue weighted by Crippen LogP contribution is -2.36. The van der Waals surface area contributed by atoms with Gasteiger partial charge in [-0.1, -0.05) is 0 Å². The van der Waals surface area contributed by atoms with Gasteiger partial charge >= 0.3 is 0 Å². The fourth-order valence-corrected chi connectivity index (χ4v) is 1.78. The van der Waals surface area contributed by atoms with Crippen molar-refractivity contribution in [3.8, 4) is 0 Å². The van der Waals surface area contributed by atoms with E-state index in [0.29, 0.717) is 0 Å². The van der Waals surface area contributed by atoms with Crippen LogP contribution < -0.4 is 5.32 Å². The van der Waals surface area contributed by atoms with Gasteiger partial charge in [0, 0.05) is 19.6 Å². The SMILES string of the molecule is O=C(COCC1CC1)N1CCCNCC1. The van der Waals surface area contributed by atoms with Crippen molar-refractivity contribution in [2.45, 2.75) is 19.3 Å². The van der Waals surface area contributed by atoms with Crippen LogP contribution in [0.5, 0.6) is 0 Å². The lowest BCUT2D eigenvalue weighted by Gasteiger charge is -2.19. The van der Waals surface area contributed by atoms with Crippen LogP contribution in [0.1, 0.15) is 19.3 Å². The second kappa shape index (κ2) is 5.47. The normalized spacial score (nSPS) is 22.5. The predicted octanol–water partition coefficient (Wildman–Crippen LogP) is 0.235. The van der Waals surface area contributed by atoms with Gasteiger partial charge in [-0.15, -0.1) is 0 Å². The van der Waals surface area contributed by atoms with Gasteiger partial charge in [-0.25, -0.2) is 0 Å². The van der Waals surface area contributed by atoms with Gasteiger partial charge in [0.25, 0.3) is 0 Å². The quantitative estimate of drug-likeness (QED) is 0.725. The zero-order chi connectivity index (χ0) is 10.5. The molecule has 0 aromatic carbocycles. The molecule has 1 N–H and O–H groups in total. The van der Waals surface area contributed by atoms with Crippen LogP contribution >= 0.6 is 0 Å². The van der Waals surface area contributed by atoms with Crippen molar-refractivity contribution in [3.05, 3.63) is 0 Å². The maximum atomic E-state index is 11.7. The van der Waals surface area contributed by atoms with Crippen LogP contribution in [0, 0.1) is 5.92 Å². The lowest BCUT2D eigenvalue weighted by molar-refractivity contribution is -0.136. The molecule has 1 aliphatic heterocycles. The van der Waals surface area contributed by atoms with E-state index < -0.39 is 0 Å². The summed E-state index contributed by atoms with van der Waals surface area (Å²) in [6.07, 6.45) is 3.61.